The molecule has 3 aliphatic rings. The maximum atomic E-state index is 15.2. The van der Waals surface area contributed by atoms with Gasteiger partial charge in [-0.05, 0) is 75.8 Å². The molecule has 0 aromatic heterocycles. The number of hydrogen-bond donors (Lipinski definition) is 1. The molecule has 3 aliphatic heterocycles. The molecule has 11 nitrogen and oxygen atoms in total. The van der Waals surface area contributed by atoms with Gasteiger partial charge in [-0.3, -0.25) is 19.2 Å². The van der Waals surface area contributed by atoms with Gasteiger partial charge in [-0.1, -0.05) is 72.3 Å². The summed E-state index contributed by atoms with van der Waals surface area (Å²) in [5.74, 6) is -3.55. The quantitative estimate of drug-likeness (QED) is 0.0996. The van der Waals surface area contributed by atoms with E-state index in [2.05, 4.69) is 47.8 Å². The number of benzene rings is 2. The molecule has 3 saturated heterocycles. The highest BCUT2D eigenvalue weighted by molar-refractivity contribution is 9.09. The zero-order valence-corrected chi connectivity index (χ0v) is 35.3. The fourth-order valence-electron chi connectivity index (χ4n) is 8.98. The van der Waals surface area contributed by atoms with Gasteiger partial charge in [0.05, 0.1) is 36.6 Å². The second kappa shape index (κ2) is 18.5. The zero-order chi connectivity index (χ0) is 40.9. The number of nitrogens with zero attached hydrogens (tertiary/aromatic N) is 4. The second-order valence-electron chi connectivity index (χ2n) is 15.6. The molecule has 3 fully saturated rings. The van der Waals surface area contributed by atoms with Crippen LogP contribution in [0.5, 0.6) is 0 Å². The largest absolute Gasteiger partial charge is 0.455 e. The monoisotopic (exact) mass is 834 g/mol. The molecule has 0 radical (unpaired) electrons. The first kappa shape index (κ1) is 43.1. The SMILES string of the molecule is C=CCCC(=O)N(C)[C@@H](C)[C@@H](OC(=O)[C@@H]1[C@H]2O[C@@]3(CC2Br)[C@H](C(=O)N(CC=C)c2ccc(N(CC)CC)cc2)N([C@@H](CO)CC(C)C)C(=O)[C@@H]13)c1ccccc1. The van der Waals surface area contributed by atoms with E-state index in [1.54, 1.807) is 29.0 Å². The van der Waals surface area contributed by atoms with Crippen molar-refractivity contribution in [2.24, 2.45) is 17.8 Å². The van der Waals surface area contributed by atoms with Gasteiger partial charge in [0.15, 0.2) is 0 Å². The summed E-state index contributed by atoms with van der Waals surface area (Å²) in [5, 5.41) is 10.8. The first-order valence-corrected chi connectivity index (χ1v) is 20.9. The molecule has 2 aromatic carbocycles. The smallest absolute Gasteiger partial charge is 0.313 e. The van der Waals surface area contributed by atoms with Gasteiger partial charge in [-0.15, -0.1) is 13.2 Å². The number of allylic oxidation sites excluding steroid dienone is 1. The van der Waals surface area contributed by atoms with Gasteiger partial charge >= 0.3 is 5.97 Å². The lowest BCUT2D eigenvalue weighted by Gasteiger charge is -2.40. The lowest BCUT2D eigenvalue weighted by molar-refractivity contribution is -0.165. The number of aliphatic hydroxyl groups is 1. The number of halogens is 1. The van der Waals surface area contributed by atoms with Crippen molar-refractivity contribution in [1.82, 2.24) is 9.80 Å². The summed E-state index contributed by atoms with van der Waals surface area (Å²) in [4.78, 5) is 64.7. The van der Waals surface area contributed by atoms with Crippen LogP contribution in [0.1, 0.15) is 72.0 Å². The number of aliphatic hydroxyl groups excluding tert-OH is 1. The highest BCUT2D eigenvalue weighted by atomic mass is 79.9. The number of rotatable bonds is 19. The molecule has 5 rings (SSSR count). The standard InChI is InChI=1S/C44H59BrN4O7/c1-9-13-19-35(51)46(8)29(7)38(30-17-15-14-16-18-30)55-43(54)36-37-41(52)49(33(27-50)25-28(5)6)40(44(37)26-34(45)39(36)56-44)42(53)48(24-10-2)32-22-20-31(21-23-32)47(11-3)12-4/h9-10,14-18,20-23,28-29,33-34,36-40,50H,1-2,11-13,19,24-27H2,3-8H3/t29-,33+,34?,36-,37+,38+,39-,40-,44+/m0/s1. The number of hydrogen-bond acceptors (Lipinski definition) is 8. The van der Waals surface area contributed by atoms with E-state index in [-0.39, 0.29) is 42.1 Å². The van der Waals surface area contributed by atoms with E-state index in [0.717, 1.165) is 18.8 Å². The van der Waals surface area contributed by atoms with Crippen LogP contribution in [0.2, 0.25) is 0 Å². The number of carbonyl (C=O) groups is 4. The molecule has 2 aromatic rings. The summed E-state index contributed by atoms with van der Waals surface area (Å²) in [6.45, 7) is 19.1. The zero-order valence-electron chi connectivity index (χ0n) is 33.7. The third-order valence-corrected chi connectivity index (χ3v) is 12.7. The van der Waals surface area contributed by atoms with Gasteiger partial charge in [-0.2, -0.15) is 0 Å². The van der Waals surface area contributed by atoms with E-state index in [0.29, 0.717) is 30.5 Å². The van der Waals surface area contributed by atoms with Gasteiger partial charge in [-0.25, -0.2) is 0 Å². The molecule has 12 heteroatoms. The normalized spacial score (nSPS) is 25.3. The average molecular weight is 836 g/mol. The molecule has 0 aliphatic carbocycles. The van der Waals surface area contributed by atoms with E-state index < -0.39 is 59.6 Å². The molecule has 3 heterocycles. The molecule has 2 bridgehead atoms. The van der Waals surface area contributed by atoms with E-state index >= 15 is 9.59 Å². The van der Waals surface area contributed by atoms with E-state index in [4.69, 9.17) is 9.47 Å². The minimum Gasteiger partial charge on any atom is -0.455 e. The summed E-state index contributed by atoms with van der Waals surface area (Å²) in [5.41, 5.74) is 0.970. The summed E-state index contributed by atoms with van der Waals surface area (Å²) >= 11 is 3.78. The number of esters is 1. The van der Waals surface area contributed by atoms with Crippen LogP contribution in [0, 0.1) is 17.8 Å². The molecule has 9 atom stereocenters. The predicted molar refractivity (Wildman–Crippen MR) is 222 cm³/mol. The van der Waals surface area contributed by atoms with Gasteiger partial charge in [0, 0.05) is 49.3 Å². The fraction of sp³-hybridized carbons (Fsp3) is 0.545. The van der Waals surface area contributed by atoms with Crippen molar-refractivity contribution in [2.75, 3.05) is 43.1 Å². The first-order chi connectivity index (χ1) is 26.8. The van der Waals surface area contributed by atoms with E-state index in [9.17, 15) is 14.7 Å². The van der Waals surface area contributed by atoms with Gasteiger partial charge in [0.1, 0.15) is 17.7 Å². The summed E-state index contributed by atoms with van der Waals surface area (Å²) in [6.07, 6.45) is 3.23. The Balaban J connectivity index is 1.56. The van der Waals surface area contributed by atoms with Crippen molar-refractivity contribution in [2.45, 2.75) is 101 Å². The van der Waals surface area contributed by atoms with Crippen LogP contribution in [0.15, 0.2) is 79.9 Å². The van der Waals surface area contributed by atoms with Gasteiger partial charge < -0.3 is 34.2 Å². The Morgan fingerprint density at radius 2 is 1.68 bits per heavy atom. The Kier molecular flexibility index (Phi) is 14.3. The fourth-order valence-corrected chi connectivity index (χ4v) is 9.93. The molecule has 3 amide bonds. The van der Waals surface area contributed by atoms with Crippen LogP contribution in [-0.2, 0) is 28.7 Å². The summed E-state index contributed by atoms with van der Waals surface area (Å²) in [6, 6.07) is 14.6. The number of fused-ring (bicyclic) bond motifs is 1. The minimum atomic E-state index is -1.38. The van der Waals surface area contributed by atoms with Gasteiger partial charge in [0.2, 0.25) is 11.8 Å². The van der Waals surface area contributed by atoms with E-state index in [1.165, 1.54) is 4.90 Å². The lowest BCUT2D eigenvalue weighted by Crippen LogP contribution is -2.59. The lowest BCUT2D eigenvalue weighted by atomic mass is 9.70. The highest BCUT2D eigenvalue weighted by Gasteiger charge is 2.77. The molecule has 1 unspecified atom stereocenters. The van der Waals surface area contributed by atoms with Crippen molar-refractivity contribution in [1.29, 1.82) is 0 Å². The number of ether oxygens (including phenoxy) is 2. The van der Waals surface area contributed by atoms with Crippen LogP contribution in [0.3, 0.4) is 0 Å². The molecule has 0 saturated carbocycles. The maximum absolute atomic E-state index is 15.2. The highest BCUT2D eigenvalue weighted by Crippen LogP contribution is 2.61. The number of alkyl halides is 1. The predicted octanol–water partition coefficient (Wildman–Crippen LogP) is 6.30. The van der Waals surface area contributed by atoms with Crippen LogP contribution in [-0.4, -0.2) is 107 Å². The van der Waals surface area contributed by atoms with Crippen molar-refractivity contribution in [3.63, 3.8) is 0 Å². The summed E-state index contributed by atoms with van der Waals surface area (Å²) < 4.78 is 13.3. The summed E-state index contributed by atoms with van der Waals surface area (Å²) in [7, 11) is 1.69. The van der Waals surface area contributed by atoms with Crippen LogP contribution < -0.4 is 9.80 Å². The second-order valence-corrected chi connectivity index (χ2v) is 16.8. The Bertz CT molecular complexity index is 1720. The van der Waals surface area contributed by atoms with Crippen molar-refractivity contribution < 1.29 is 33.8 Å². The molecule has 56 heavy (non-hydrogen) atoms. The molecule has 304 valence electrons. The number of carbonyl (C=O) groups excluding carboxylic acids is 4. The first-order valence-electron chi connectivity index (χ1n) is 19.9. The number of anilines is 2. The third kappa shape index (κ3) is 8.20. The van der Waals surface area contributed by atoms with Crippen molar-refractivity contribution in [3.05, 3.63) is 85.5 Å². The molecule has 1 spiro atoms. The Morgan fingerprint density at radius 3 is 2.25 bits per heavy atom. The minimum absolute atomic E-state index is 0.0896. The number of amides is 3. The van der Waals surface area contributed by atoms with Crippen LogP contribution in [0.4, 0.5) is 11.4 Å². The molecular weight excluding hydrogens is 776 g/mol. The molecular formula is C44H59BrN4O7. The molecule has 1 N–H and O–H groups in total. The Hall–Kier alpha value is -4.00. The van der Waals surface area contributed by atoms with Crippen molar-refractivity contribution >= 4 is 51.0 Å². The average Bonchev–Trinajstić information content (AvgIpc) is 3.80. The van der Waals surface area contributed by atoms with Crippen LogP contribution in [0.25, 0.3) is 0 Å². The number of likely N-dealkylation sites (N-methyl/N-ethyl adjacent to an activating group) is 1. The Labute approximate surface area is 340 Å². The maximum Gasteiger partial charge on any atom is 0.313 e. The Morgan fingerprint density at radius 1 is 1.04 bits per heavy atom. The topological polar surface area (TPSA) is 120 Å². The van der Waals surface area contributed by atoms with Crippen molar-refractivity contribution in [3.8, 4) is 0 Å². The number of likely N-dealkylation sites (tertiary alicyclic amines) is 1. The third-order valence-electron chi connectivity index (χ3n) is 11.8. The van der Waals surface area contributed by atoms with Gasteiger partial charge in [0.25, 0.3) is 5.91 Å². The van der Waals surface area contributed by atoms with Crippen LogP contribution >= 0.6 is 15.9 Å². The van der Waals surface area contributed by atoms with E-state index in [1.807, 2.05) is 75.4 Å².